The maximum atomic E-state index is 12.9. The Morgan fingerprint density at radius 2 is 1.89 bits per heavy atom. The molecule has 0 aliphatic heterocycles. The highest BCUT2D eigenvalue weighted by molar-refractivity contribution is 5.94. The molecule has 0 atom stereocenters. The summed E-state index contributed by atoms with van der Waals surface area (Å²) in [6.07, 6.45) is 0.234. The van der Waals surface area contributed by atoms with Crippen LogP contribution < -0.4 is 5.32 Å². The molecule has 4 nitrogen and oxygen atoms in total. The first-order valence-electron chi connectivity index (χ1n) is 5.70. The third kappa shape index (κ3) is 4.01. The number of hydrogen-bond donors (Lipinski definition) is 2. The standard InChI is InChI=1S/C13H15F2NO3/c1-13(2,12(18)19)5-6-16-11(17)8-3-4-9(14)10(15)7-8/h3-4,7H,5-6H2,1-2H3,(H,16,17)(H,18,19). The Bertz CT molecular complexity index is 501. The number of benzene rings is 1. The predicted octanol–water partition coefficient (Wildman–Crippen LogP) is 2.20. The van der Waals surface area contributed by atoms with E-state index in [-0.39, 0.29) is 18.5 Å². The van der Waals surface area contributed by atoms with E-state index in [2.05, 4.69) is 5.32 Å². The zero-order valence-electron chi connectivity index (χ0n) is 10.7. The van der Waals surface area contributed by atoms with Gasteiger partial charge in [0.2, 0.25) is 0 Å². The maximum absolute atomic E-state index is 12.9. The summed E-state index contributed by atoms with van der Waals surface area (Å²) in [6.45, 7) is 3.22. The molecule has 0 unspecified atom stereocenters. The number of halogens is 2. The van der Waals surface area contributed by atoms with E-state index >= 15 is 0 Å². The number of rotatable bonds is 5. The summed E-state index contributed by atoms with van der Waals surface area (Å²) >= 11 is 0. The van der Waals surface area contributed by atoms with E-state index in [0.29, 0.717) is 0 Å². The number of hydrogen-bond acceptors (Lipinski definition) is 2. The molecule has 0 saturated heterocycles. The molecule has 0 aromatic heterocycles. The number of aliphatic carboxylic acids is 1. The van der Waals surface area contributed by atoms with Crippen molar-refractivity contribution < 1.29 is 23.5 Å². The molecule has 0 aliphatic carbocycles. The summed E-state index contributed by atoms with van der Waals surface area (Å²) in [7, 11) is 0. The highest BCUT2D eigenvalue weighted by Crippen LogP contribution is 2.19. The fourth-order valence-corrected chi connectivity index (χ4v) is 1.33. The van der Waals surface area contributed by atoms with Crippen LogP contribution in [0.2, 0.25) is 0 Å². The molecule has 1 amide bonds. The van der Waals surface area contributed by atoms with Gasteiger partial charge in [-0.3, -0.25) is 9.59 Å². The minimum Gasteiger partial charge on any atom is -0.481 e. The Morgan fingerprint density at radius 1 is 1.26 bits per heavy atom. The van der Waals surface area contributed by atoms with E-state index in [9.17, 15) is 18.4 Å². The second-order valence-corrected chi connectivity index (χ2v) is 4.82. The minimum atomic E-state index is -1.10. The lowest BCUT2D eigenvalue weighted by Crippen LogP contribution is -2.32. The van der Waals surface area contributed by atoms with E-state index in [1.54, 1.807) is 13.8 Å². The van der Waals surface area contributed by atoms with Crippen molar-refractivity contribution in [1.82, 2.24) is 5.32 Å². The average Bonchev–Trinajstić information content (AvgIpc) is 2.32. The van der Waals surface area contributed by atoms with Crippen LogP contribution in [0.3, 0.4) is 0 Å². The Labute approximate surface area is 109 Å². The summed E-state index contributed by atoms with van der Waals surface area (Å²) < 4.78 is 25.6. The van der Waals surface area contributed by atoms with Crippen molar-refractivity contribution in [2.75, 3.05) is 6.54 Å². The highest BCUT2D eigenvalue weighted by atomic mass is 19.2. The zero-order chi connectivity index (χ0) is 14.6. The molecule has 0 aliphatic rings. The zero-order valence-corrected chi connectivity index (χ0v) is 10.7. The lowest BCUT2D eigenvalue weighted by atomic mass is 9.90. The molecule has 1 aromatic rings. The van der Waals surface area contributed by atoms with Gasteiger partial charge in [-0.1, -0.05) is 0 Å². The Balaban J connectivity index is 2.57. The average molecular weight is 271 g/mol. The Kier molecular flexibility index (Phi) is 4.58. The lowest BCUT2D eigenvalue weighted by Gasteiger charge is -2.18. The van der Waals surface area contributed by atoms with Crippen LogP contribution in [0.4, 0.5) is 8.78 Å². The molecule has 0 radical (unpaired) electrons. The Morgan fingerprint density at radius 3 is 2.42 bits per heavy atom. The number of nitrogens with one attached hydrogen (secondary N) is 1. The number of carbonyl (C=O) groups excluding carboxylic acids is 1. The molecule has 0 fully saturated rings. The molecule has 0 bridgehead atoms. The second kappa shape index (κ2) is 5.77. The number of carboxylic acids is 1. The van der Waals surface area contributed by atoms with Crippen LogP contribution in [-0.4, -0.2) is 23.5 Å². The number of carbonyl (C=O) groups is 2. The fourth-order valence-electron chi connectivity index (χ4n) is 1.33. The quantitative estimate of drug-likeness (QED) is 0.862. The van der Waals surface area contributed by atoms with E-state index in [1.165, 1.54) is 0 Å². The normalized spacial score (nSPS) is 11.2. The van der Waals surface area contributed by atoms with Crippen LogP contribution in [0.1, 0.15) is 30.6 Å². The van der Waals surface area contributed by atoms with Crippen molar-refractivity contribution in [2.24, 2.45) is 5.41 Å². The maximum Gasteiger partial charge on any atom is 0.309 e. The number of carboxylic acid groups (broad SMARTS) is 1. The first-order valence-corrected chi connectivity index (χ1v) is 5.70. The topological polar surface area (TPSA) is 66.4 Å². The Hall–Kier alpha value is -1.98. The van der Waals surface area contributed by atoms with Crippen LogP contribution in [0.25, 0.3) is 0 Å². The van der Waals surface area contributed by atoms with Gasteiger partial charge in [0.1, 0.15) is 0 Å². The van der Waals surface area contributed by atoms with Gasteiger partial charge in [0, 0.05) is 12.1 Å². The first kappa shape index (κ1) is 15.1. The molecule has 0 heterocycles. The van der Waals surface area contributed by atoms with Gasteiger partial charge in [-0.25, -0.2) is 8.78 Å². The van der Waals surface area contributed by atoms with Gasteiger partial charge >= 0.3 is 5.97 Å². The molecule has 2 N–H and O–H groups in total. The monoisotopic (exact) mass is 271 g/mol. The van der Waals surface area contributed by atoms with Crippen molar-refractivity contribution in [1.29, 1.82) is 0 Å². The summed E-state index contributed by atoms with van der Waals surface area (Å²) in [5, 5.41) is 11.4. The lowest BCUT2D eigenvalue weighted by molar-refractivity contribution is -0.147. The largest absolute Gasteiger partial charge is 0.481 e. The van der Waals surface area contributed by atoms with Crippen molar-refractivity contribution in [2.45, 2.75) is 20.3 Å². The minimum absolute atomic E-state index is 0.00738. The summed E-state index contributed by atoms with van der Waals surface area (Å²) in [4.78, 5) is 22.5. The summed E-state index contributed by atoms with van der Waals surface area (Å²) in [5.74, 6) is -3.66. The smallest absolute Gasteiger partial charge is 0.309 e. The number of amides is 1. The third-order valence-corrected chi connectivity index (χ3v) is 2.80. The van der Waals surface area contributed by atoms with Crippen LogP contribution in [0.5, 0.6) is 0 Å². The molecular formula is C13H15F2NO3. The predicted molar refractivity (Wildman–Crippen MR) is 64.7 cm³/mol. The van der Waals surface area contributed by atoms with Crippen molar-refractivity contribution in [3.63, 3.8) is 0 Å². The van der Waals surface area contributed by atoms with Gasteiger partial charge in [-0.2, -0.15) is 0 Å². The molecule has 104 valence electrons. The van der Waals surface area contributed by atoms with Crippen molar-refractivity contribution in [3.05, 3.63) is 35.4 Å². The molecule has 6 heteroatoms. The van der Waals surface area contributed by atoms with E-state index in [0.717, 1.165) is 18.2 Å². The molecule has 1 rings (SSSR count). The van der Waals surface area contributed by atoms with Gasteiger partial charge in [0.05, 0.1) is 5.41 Å². The van der Waals surface area contributed by atoms with Crippen molar-refractivity contribution in [3.8, 4) is 0 Å². The SMILES string of the molecule is CC(C)(CCNC(=O)c1ccc(F)c(F)c1)C(=O)O. The summed E-state index contributed by atoms with van der Waals surface area (Å²) in [5.41, 5.74) is -0.964. The van der Waals surface area contributed by atoms with Crippen LogP contribution in [0.15, 0.2) is 18.2 Å². The third-order valence-electron chi connectivity index (χ3n) is 2.80. The molecular weight excluding hydrogens is 256 g/mol. The van der Waals surface area contributed by atoms with Crippen LogP contribution >= 0.6 is 0 Å². The molecule has 1 aromatic carbocycles. The van der Waals surface area contributed by atoms with Crippen LogP contribution in [-0.2, 0) is 4.79 Å². The molecule has 0 spiro atoms. The van der Waals surface area contributed by atoms with Crippen LogP contribution in [0, 0.1) is 17.0 Å². The first-order chi connectivity index (χ1) is 8.74. The van der Waals surface area contributed by atoms with Gasteiger partial charge in [-0.15, -0.1) is 0 Å². The van der Waals surface area contributed by atoms with E-state index in [1.807, 2.05) is 0 Å². The molecule has 0 saturated carbocycles. The summed E-state index contributed by atoms with van der Waals surface area (Å²) in [6, 6.07) is 2.83. The van der Waals surface area contributed by atoms with Gasteiger partial charge in [0.25, 0.3) is 5.91 Å². The van der Waals surface area contributed by atoms with Crippen molar-refractivity contribution >= 4 is 11.9 Å². The molecule has 19 heavy (non-hydrogen) atoms. The fraction of sp³-hybridized carbons (Fsp3) is 0.385. The van der Waals surface area contributed by atoms with E-state index < -0.39 is 28.9 Å². The highest BCUT2D eigenvalue weighted by Gasteiger charge is 2.26. The second-order valence-electron chi connectivity index (χ2n) is 4.82. The van der Waals surface area contributed by atoms with Gasteiger partial charge in [-0.05, 0) is 38.5 Å². The van der Waals surface area contributed by atoms with Gasteiger partial charge in [0.15, 0.2) is 11.6 Å². The van der Waals surface area contributed by atoms with Gasteiger partial charge < -0.3 is 10.4 Å². The van der Waals surface area contributed by atoms with E-state index in [4.69, 9.17) is 5.11 Å².